The van der Waals surface area contributed by atoms with Crippen LogP contribution in [0.4, 0.5) is 5.69 Å². The SMILES string of the molecule is CCC(O)c1ccc(N(CCCOC)CCOC)cc1. The van der Waals surface area contributed by atoms with Gasteiger partial charge >= 0.3 is 0 Å². The molecule has 1 atom stereocenters. The molecular formula is C16H27NO3. The van der Waals surface area contributed by atoms with Crippen LogP contribution in [0.3, 0.4) is 0 Å². The quantitative estimate of drug-likeness (QED) is 0.669. The first-order chi connectivity index (χ1) is 9.72. The number of ether oxygens (including phenoxy) is 2. The fourth-order valence-electron chi connectivity index (χ4n) is 2.11. The highest BCUT2D eigenvalue weighted by atomic mass is 16.5. The van der Waals surface area contributed by atoms with Crippen molar-refractivity contribution in [2.45, 2.75) is 25.9 Å². The third kappa shape index (κ3) is 5.49. The summed E-state index contributed by atoms with van der Waals surface area (Å²) in [6.07, 6.45) is 1.35. The molecule has 0 aliphatic carbocycles. The van der Waals surface area contributed by atoms with E-state index in [1.54, 1.807) is 14.2 Å². The summed E-state index contributed by atoms with van der Waals surface area (Å²) in [6.45, 7) is 5.24. The highest BCUT2D eigenvalue weighted by Crippen LogP contribution is 2.21. The van der Waals surface area contributed by atoms with Crippen molar-refractivity contribution in [2.24, 2.45) is 0 Å². The number of methoxy groups -OCH3 is 2. The molecule has 1 aromatic rings. The van der Waals surface area contributed by atoms with Crippen LogP contribution in [0.5, 0.6) is 0 Å². The average molecular weight is 281 g/mol. The number of rotatable bonds is 10. The molecule has 1 rings (SSSR count). The van der Waals surface area contributed by atoms with Gasteiger partial charge in [-0.25, -0.2) is 0 Å². The van der Waals surface area contributed by atoms with Crippen LogP contribution < -0.4 is 4.90 Å². The molecule has 0 spiro atoms. The summed E-state index contributed by atoms with van der Waals surface area (Å²) < 4.78 is 10.3. The maximum Gasteiger partial charge on any atom is 0.0787 e. The first-order valence-corrected chi connectivity index (χ1v) is 7.23. The third-order valence-electron chi connectivity index (χ3n) is 3.37. The lowest BCUT2D eigenvalue weighted by atomic mass is 10.1. The number of benzene rings is 1. The van der Waals surface area contributed by atoms with Crippen molar-refractivity contribution >= 4 is 5.69 Å². The number of nitrogens with zero attached hydrogens (tertiary/aromatic N) is 1. The minimum Gasteiger partial charge on any atom is -0.388 e. The molecule has 4 nitrogen and oxygen atoms in total. The molecule has 0 aliphatic rings. The van der Waals surface area contributed by atoms with Gasteiger partial charge in [-0.3, -0.25) is 0 Å². The van der Waals surface area contributed by atoms with E-state index in [1.807, 2.05) is 19.1 Å². The molecule has 0 fully saturated rings. The van der Waals surface area contributed by atoms with E-state index in [-0.39, 0.29) is 6.10 Å². The fraction of sp³-hybridized carbons (Fsp3) is 0.625. The summed E-state index contributed by atoms with van der Waals surface area (Å²) in [5.41, 5.74) is 2.13. The zero-order valence-electron chi connectivity index (χ0n) is 12.8. The Morgan fingerprint density at radius 2 is 1.70 bits per heavy atom. The monoisotopic (exact) mass is 281 g/mol. The molecule has 0 aromatic heterocycles. The zero-order valence-corrected chi connectivity index (χ0v) is 12.8. The lowest BCUT2D eigenvalue weighted by molar-refractivity contribution is 0.173. The molecule has 4 heteroatoms. The number of hydrogen-bond donors (Lipinski definition) is 1. The van der Waals surface area contributed by atoms with Crippen LogP contribution in [-0.4, -0.2) is 45.6 Å². The minimum absolute atomic E-state index is 0.370. The van der Waals surface area contributed by atoms with Crippen molar-refractivity contribution in [3.8, 4) is 0 Å². The van der Waals surface area contributed by atoms with Gasteiger partial charge in [0, 0.05) is 39.6 Å². The van der Waals surface area contributed by atoms with E-state index in [1.165, 1.54) is 0 Å². The Kier molecular flexibility index (Phi) is 8.26. The number of aliphatic hydroxyl groups excluding tert-OH is 1. The molecule has 0 radical (unpaired) electrons. The first-order valence-electron chi connectivity index (χ1n) is 7.23. The fourth-order valence-corrected chi connectivity index (χ4v) is 2.11. The number of anilines is 1. The smallest absolute Gasteiger partial charge is 0.0787 e. The van der Waals surface area contributed by atoms with Crippen LogP contribution in [0.25, 0.3) is 0 Å². The molecule has 0 saturated heterocycles. The molecule has 0 amide bonds. The number of aliphatic hydroxyl groups is 1. The Morgan fingerprint density at radius 1 is 1.05 bits per heavy atom. The van der Waals surface area contributed by atoms with Crippen LogP contribution in [0, 0.1) is 0 Å². The first kappa shape index (κ1) is 17.0. The van der Waals surface area contributed by atoms with Crippen LogP contribution in [0.15, 0.2) is 24.3 Å². The molecule has 0 aliphatic heterocycles. The van der Waals surface area contributed by atoms with Gasteiger partial charge in [0.05, 0.1) is 12.7 Å². The summed E-state index contributed by atoms with van der Waals surface area (Å²) in [5, 5.41) is 9.82. The second kappa shape index (κ2) is 9.75. The lowest BCUT2D eigenvalue weighted by Crippen LogP contribution is -2.29. The molecule has 1 N–H and O–H groups in total. The summed E-state index contributed by atoms with van der Waals surface area (Å²) in [6, 6.07) is 8.13. The predicted octanol–water partition coefficient (Wildman–Crippen LogP) is 2.62. The van der Waals surface area contributed by atoms with E-state index < -0.39 is 0 Å². The van der Waals surface area contributed by atoms with Crippen molar-refractivity contribution in [1.29, 1.82) is 0 Å². The van der Waals surface area contributed by atoms with Crippen LogP contribution in [0.1, 0.15) is 31.4 Å². The Balaban J connectivity index is 2.68. The third-order valence-corrected chi connectivity index (χ3v) is 3.37. The van der Waals surface area contributed by atoms with Gasteiger partial charge in [0.25, 0.3) is 0 Å². The van der Waals surface area contributed by atoms with Crippen molar-refractivity contribution in [1.82, 2.24) is 0 Å². The maximum atomic E-state index is 9.82. The van der Waals surface area contributed by atoms with Crippen molar-refractivity contribution in [3.63, 3.8) is 0 Å². The summed E-state index contributed by atoms with van der Waals surface area (Å²) >= 11 is 0. The Hall–Kier alpha value is -1.10. The minimum atomic E-state index is -0.370. The highest BCUT2D eigenvalue weighted by molar-refractivity contribution is 5.47. The molecule has 1 unspecified atom stereocenters. The van der Waals surface area contributed by atoms with E-state index in [2.05, 4.69) is 17.0 Å². The van der Waals surface area contributed by atoms with Gasteiger partial charge in [-0.15, -0.1) is 0 Å². The van der Waals surface area contributed by atoms with E-state index >= 15 is 0 Å². The van der Waals surface area contributed by atoms with Crippen LogP contribution in [-0.2, 0) is 9.47 Å². The van der Waals surface area contributed by atoms with Crippen LogP contribution >= 0.6 is 0 Å². The Morgan fingerprint density at radius 3 is 2.25 bits per heavy atom. The summed E-state index contributed by atoms with van der Waals surface area (Å²) in [4.78, 5) is 2.28. The highest BCUT2D eigenvalue weighted by Gasteiger charge is 2.08. The summed E-state index contributed by atoms with van der Waals surface area (Å²) in [5.74, 6) is 0. The molecule has 114 valence electrons. The lowest BCUT2D eigenvalue weighted by Gasteiger charge is -2.25. The second-order valence-corrected chi connectivity index (χ2v) is 4.84. The molecule has 0 heterocycles. The van der Waals surface area contributed by atoms with Gasteiger partial charge in [0.15, 0.2) is 0 Å². The van der Waals surface area contributed by atoms with Gasteiger partial charge in [-0.05, 0) is 30.5 Å². The largest absolute Gasteiger partial charge is 0.388 e. The predicted molar refractivity (Wildman–Crippen MR) is 82.3 cm³/mol. The van der Waals surface area contributed by atoms with Gasteiger partial charge in [-0.1, -0.05) is 19.1 Å². The van der Waals surface area contributed by atoms with E-state index in [4.69, 9.17) is 9.47 Å². The van der Waals surface area contributed by atoms with E-state index in [0.29, 0.717) is 6.61 Å². The molecular weight excluding hydrogens is 254 g/mol. The van der Waals surface area contributed by atoms with Crippen molar-refractivity contribution in [2.75, 3.05) is 45.4 Å². The Bertz CT molecular complexity index is 353. The van der Waals surface area contributed by atoms with E-state index in [9.17, 15) is 5.11 Å². The van der Waals surface area contributed by atoms with Gasteiger partial charge in [0.2, 0.25) is 0 Å². The van der Waals surface area contributed by atoms with Gasteiger partial charge in [-0.2, -0.15) is 0 Å². The number of hydrogen-bond acceptors (Lipinski definition) is 4. The molecule has 0 bridgehead atoms. The van der Waals surface area contributed by atoms with Gasteiger partial charge in [0.1, 0.15) is 0 Å². The Labute approximate surface area is 122 Å². The van der Waals surface area contributed by atoms with Crippen LogP contribution in [0.2, 0.25) is 0 Å². The molecule has 1 aromatic carbocycles. The zero-order chi connectivity index (χ0) is 14.8. The van der Waals surface area contributed by atoms with Gasteiger partial charge < -0.3 is 19.5 Å². The standard InChI is InChI=1S/C16H27NO3/c1-4-16(18)14-6-8-15(9-7-14)17(11-13-20-3)10-5-12-19-2/h6-9,16,18H,4-5,10-13H2,1-3H3. The maximum absolute atomic E-state index is 9.82. The second-order valence-electron chi connectivity index (χ2n) is 4.84. The van der Waals surface area contributed by atoms with Crippen molar-refractivity contribution < 1.29 is 14.6 Å². The van der Waals surface area contributed by atoms with Crippen molar-refractivity contribution in [3.05, 3.63) is 29.8 Å². The molecule has 20 heavy (non-hydrogen) atoms. The van der Waals surface area contributed by atoms with E-state index in [0.717, 1.165) is 43.8 Å². The average Bonchev–Trinajstić information content (AvgIpc) is 2.50. The molecule has 0 saturated carbocycles. The summed E-state index contributed by atoms with van der Waals surface area (Å²) in [7, 11) is 3.44. The topological polar surface area (TPSA) is 41.9 Å². The normalized spacial score (nSPS) is 12.4.